The molecule has 128 valence electrons. The van der Waals surface area contributed by atoms with Crippen molar-refractivity contribution in [3.63, 3.8) is 0 Å². The first-order valence-electron chi connectivity index (χ1n) is 9.23. The van der Waals surface area contributed by atoms with Crippen molar-refractivity contribution in [2.45, 2.75) is 65.7 Å². The molecular weight excluding hydrogens is 284 g/mol. The number of carbonyl (C=O) groups is 1. The van der Waals surface area contributed by atoms with Gasteiger partial charge in [0.05, 0.1) is 12.5 Å². The van der Waals surface area contributed by atoms with E-state index >= 15 is 0 Å². The van der Waals surface area contributed by atoms with Crippen LogP contribution < -0.4 is 0 Å². The lowest BCUT2D eigenvalue weighted by Gasteiger charge is -2.59. The summed E-state index contributed by atoms with van der Waals surface area (Å²) >= 11 is 0. The third kappa shape index (κ3) is 2.40. The largest absolute Gasteiger partial charge is 0.469 e. The number of methoxy groups -OCH3 is 1. The zero-order valence-electron chi connectivity index (χ0n) is 15.3. The van der Waals surface area contributed by atoms with Crippen LogP contribution in [-0.2, 0) is 9.53 Å². The molecule has 0 amide bonds. The molecule has 2 nitrogen and oxygen atoms in total. The molecule has 23 heavy (non-hydrogen) atoms. The SMILES string of the molecule is C=C[C@@]1(C)C=C2CC[C@@H]3[C@](C)(CCC[C@@]3(C)C(=O)OC)[C@H]2CC1. The molecule has 0 aliphatic heterocycles. The standard InChI is InChI=1S/C21H32O2/c1-6-19(2)13-10-16-15(14-19)8-9-17-20(16,3)11-7-12-21(17,4)18(22)23-5/h6,14,16-17H,1,7-13H2,2-5H3/t16-,17+,19+,20+,21+/m0/s1. The van der Waals surface area contributed by atoms with Gasteiger partial charge in [0, 0.05) is 5.41 Å². The Morgan fingerprint density at radius 2 is 2.00 bits per heavy atom. The average Bonchev–Trinajstić information content (AvgIpc) is 2.53. The van der Waals surface area contributed by atoms with Gasteiger partial charge in [-0.2, -0.15) is 0 Å². The molecule has 0 heterocycles. The predicted molar refractivity (Wildman–Crippen MR) is 93.9 cm³/mol. The number of allylic oxidation sites excluding steroid dienone is 3. The molecule has 0 aromatic carbocycles. The lowest BCUT2D eigenvalue weighted by Crippen LogP contribution is -2.54. The van der Waals surface area contributed by atoms with E-state index in [4.69, 9.17) is 4.74 Å². The molecule has 3 aliphatic carbocycles. The van der Waals surface area contributed by atoms with Crippen molar-refractivity contribution in [3.05, 3.63) is 24.3 Å². The number of carbonyl (C=O) groups excluding carboxylic acids is 1. The quantitative estimate of drug-likeness (QED) is 0.511. The van der Waals surface area contributed by atoms with Gasteiger partial charge in [0.2, 0.25) is 0 Å². The first-order valence-corrected chi connectivity index (χ1v) is 9.23. The molecule has 5 atom stereocenters. The van der Waals surface area contributed by atoms with Gasteiger partial charge in [-0.15, -0.1) is 6.58 Å². The van der Waals surface area contributed by atoms with Crippen LogP contribution >= 0.6 is 0 Å². The normalized spacial score (nSPS) is 46.2. The lowest BCUT2D eigenvalue weighted by molar-refractivity contribution is -0.168. The Hall–Kier alpha value is -1.05. The molecule has 0 aromatic heterocycles. The minimum Gasteiger partial charge on any atom is -0.469 e. The smallest absolute Gasteiger partial charge is 0.311 e. The Labute approximate surface area is 141 Å². The van der Waals surface area contributed by atoms with E-state index in [0.29, 0.717) is 11.8 Å². The van der Waals surface area contributed by atoms with Gasteiger partial charge >= 0.3 is 5.97 Å². The van der Waals surface area contributed by atoms with Crippen LogP contribution in [0.3, 0.4) is 0 Å². The molecule has 3 aliphatic rings. The van der Waals surface area contributed by atoms with Crippen LogP contribution in [0, 0.1) is 28.1 Å². The first-order chi connectivity index (χ1) is 10.8. The Bertz CT molecular complexity index is 548. The van der Waals surface area contributed by atoms with E-state index in [1.807, 2.05) is 0 Å². The fraction of sp³-hybridized carbons (Fsp3) is 0.762. The number of fused-ring (bicyclic) bond motifs is 3. The zero-order valence-corrected chi connectivity index (χ0v) is 15.3. The fourth-order valence-electron chi connectivity index (χ4n) is 6.16. The van der Waals surface area contributed by atoms with Gasteiger partial charge in [-0.05, 0) is 62.7 Å². The van der Waals surface area contributed by atoms with E-state index in [-0.39, 0.29) is 22.2 Å². The van der Waals surface area contributed by atoms with E-state index in [1.165, 1.54) is 19.3 Å². The monoisotopic (exact) mass is 316 g/mol. The second-order valence-electron chi connectivity index (χ2n) is 8.88. The van der Waals surface area contributed by atoms with Crippen molar-refractivity contribution in [3.8, 4) is 0 Å². The zero-order chi connectivity index (χ0) is 16.9. The topological polar surface area (TPSA) is 26.3 Å². The van der Waals surface area contributed by atoms with Crippen molar-refractivity contribution in [1.29, 1.82) is 0 Å². The summed E-state index contributed by atoms with van der Waals surface area (Å²) in [7, 11) is 1.55. The van der Waals surface area contributed by atoms with Crippen LogP contribution in [-0.4, -0.2) is 13.1 Å². The van der Waals surface area contributed by atoms with Gasteiger partial charge in [-0.25, -0.2) is 0 Å². The molecule has 0 saturated heterocycles. The summed E-state index contributed by atoms with van der Waals surface area (Å²) in [6.07, 6.45) is 12.7. The van der Waals surface area contributed by atoms with Crippen LogP contribution in [0.5, 0.6) is 0 Å². The highest BCUT2D eigenvalue weighted by atomic mass is 16.5. The summed E-state index contributed by atoms with van der Waals surface area (Å²) in [6, 6.07) is 0. The molecule has 0 radical (unpaired) electrons. The van der Waals surface area contributed by atoms with Crippen LogP contribution in [0.1, 0.15) is 65.7 Å². The molecular formula is C21H32O2. The van der Waals surface area contributed by atoms with Crippen LogP contribution in [0.4, 0.5) is 0 Å². The highest BCUT2D eigenvalue weighted by Crippen LogP contribution is 2.64. The molecule has 2 saturated carbocycles. The molecule has 0 N–H and O–H groups in total. The summed E-state index contributed by atoms with van der Waals surface area (Å²) < 4.78 is 5.21. The Balaban J connectivity index is 1.98. The average molecular weight is 316 g/mol. The van der Waals surface area contributed by atoms with E-state index < -0.39 is 0 Å². The predicted octanol–water partition coefficient (Wildman–Crippen LogP) is 5.29. The van der Waals surface area contributed by atoms with Crippen LogP contribution in [0.25, 0.3) is 0 Å². The molecule has 2 heteroatoms. The van der Waals surface area contributed by atoms with Gasteiger partial charge in [-0.3, -0.25) is 4.79 Å². The first kappa shape index (κ1) is 16.8. The number of ether oxygens (including phenoxy) is 1. The Kier molecular flexibility index (Phi) is 4.01. The van der Waals surface area contributed by atoms with Gasteiger partial charge < -0.3 is 4.74 Å². The number of hydrogen-bond acceptors (Lipinski definition) is 2. The van der Waals surface area contributed by atoms with Crippen molar-refractivity contribution < 1.29 is 9.53 Å². The Morgan fingerprint density at radius 1 is 1.26 bits per heavy atom. The van der Waals surface area contributed by atoms with E-state index in [0.717, 1.165) is 25.7 Å². The second-order valence-corrected chi connectivity index (χ2v) is 8.88. The van der Waals surface area contributed by atoms with Gasteiger partial charge in [-0.1, -0.05) is 38.0 Å². The minimum absolute atomic E-state index is 0.00703. The number of esters is 1. The Morgan fingerprint density at radius 3 is 2.65 bits per heavy atom. The third-order valence-electron chi connectivity index (χ3n) is 7.55. The summed E-state index contributed by atoms with van der Waals surface area (Å²) in [5, 5.41) is 0. The molecule has 3 rings (SSSR count). The van der Waals surface area contributed by atoms with Gasteiger partial charge in [0.25, 0.3) is 0 Å². The van der Waals surface area contributed by atoms with Crippen molar-refractivity contribution in [2.75, 3.05) is 7.11 Å². The second kappa shape index (κ2) is 5.50. The highest BCUT2D eigenvalue weighted by Gasteiger charge is 2.58. The minimum atomic E-state index is -0.299. The highest BCUT2D eigenvalue weighted by molar-refractivity contribution is 5.77. The summed E-state index contributed by atoms with van der Waals surface area (Å²) in [5.41, 5.74) is 1.74. The maximum Gasteiger partial charge on any atom is 0.311 e. The molecule has 2 fully saturated rings. The van der Waals surface area contributed by atoms with Crippen LogP contribution in [0.15, 0.2) is 24.3 Å². The van der Waals surface area contributed by atoms with E-state index in [2.05, 4.69) is 39.5 Å². The fourth-order valence-corrected chi connectivity index (χ4v) is 6.16. The molecule has 0 aromatic rings. The van der Waals surface area contributed by atoms with Crippen molar-refractivity contribution in [2.24, 2.45) is 28.1 Å². The third-order valence-corrected chi connectivity index (χ3v) is 7.55. The van der Waals surface area contributed by atoms with E-state index in [1.54, 1.807) is 12.7 Å². The summed E-state index contributed by atoms with van der Waals surface area (Å²) in [4.78, 5) is 12.5. The summed E-state index contributed by atoms with van der Waals surface area (Å²) in [6.45, 7) is 11.0. The van der Waals surface area contributed by atoms with Crippen LogP contribution in [0.2, 0.25) is 0 Å². The number of rotatable bonds is 2. The maximum atomic E-state index is 12.5. The van der Waals surface area contributed by atoms with Crippen molar-refractivity contribution in [1.82, 2.24) is 0 Å². The van der Waals surface area contributed by atoms with Crippen molar-refractivity contribution >= 4 is 5.97 Å². The molecule has 0 bridgehead atoms. The maximum absolute atomic E-state index is 12.5. The molecule has 0 spiro atoms. The van der Waals surface area contributed by atoms with Gasteiger partial charge in [0.1, 0.15) is 0 Å². The van der Waals surface area contributed by atoms with E-state index in [9.17, 15) is 4.79 Å². The van der Waals surface area contributed by atoms with Gasteiger partial charge in [0.15, 0.2) is 0 Å². The number of hydrogen-bond donors (Lipinski definition) is 0. The lowest BCUT2D eigenvalue weighted by atomic mass is 9.45. The molecule has 0 unspecified atom stereocenters. The summed E-state index contributed by atoms with van der Waals surface area (Å²) in [5.74, 6) is 1.09.